The summed E-state index contributed by atoms with van der Waals surface area (Å²) in [5.41, 5.74) is 1.27. The topological polar surface area (TPSA) is 65.0 Å². The molecule has 24 heavy (non-hydrogen) atoms. The molecule has 0 heterocycles. The zero-order valence-corrected chi connectivity index (χ0v) is 15.5. The molecular formula is C19H32O5. The first kappa shape index (κ1) is 20.7. The number of aliphatic carboxylic acids is 1. The molecule has 0 fully saturated rings. The zero-order chi connectivity index (χ0) is 18.0. The van der Waals surface area contributed by atoms with Crippen LogP contribution in [0.4, 0.5) is 0 Å². The molecule has 1 atom stereocenters. The second kappa shape index (κ2) is 10.5. The maximum atomic E-state index is 11.4. The Morgan fingerprint density at radius 3 is 2.50 bits per heavy atom. The number of carbonyl (C=O) groups is 1. The molecule has 0 saturated heterocycles. The van der Waals surface area contributed by atoms with E-state index >= 15 is 0 Å². The van der Waals surface area contributed by atoms with Crippen molar-refractivity contribution in [3.05, 3.63) is 23.5 Å². The molecule has 0 amide bonds. The van der Waals surface area contributed by atoms with Crippen molar-refractivity contribution in [2.24, 2.45) is 5.41 Å². The molecule has 0 radical (unpaired) electrons. The van der Waals surface area contributed by atoms with Gasteiger partial charge in [0.1, 0.15) is 5.76 Å². The van der Waals surface area contributed by atoms with E-state index in [1.807, 2.05) is 6.08 Å². The maximum Gasteiger partial charge on any atom is 0.376 e. The van der Waals surface area contributed by atoms with Crippen LogP contribution in [-0.4, -0.2) is 24.0 Å². The van der Waals surface area contributed by atoms with Crippen LogP contribution in [0.3, 0.4) is 0 Å². The average molecular weight is 340 g/mol. The number of allylic oxidation sites excluding steroid dienone is 3. The third-order valence-corrected chi connectivity index (χ3v) is 4.76. The van der Waals surface area contributed by atoms with Crippen LogP contribution in [0.2, 0.25) is 0 Å². The van der Waals surface area contributed by atoms with Crippen molar-refractivity contribution in [1.82, 2.24) is 0 Å². The molecule has 0 aromatic heterocycles. The number of unbranched alkanes of at least 4 members (excludes halogenated alkanes) is 2. The largest absolute Gasteiger partial charge is 0.477 e. The molecular weight excluding hydrogens is 308 g/mol. The van der Waals surface area contributed by atoms with Gasteiger partial charge in [-0.1, -0.05) is 46.6 Å². The Morgan fingerprint density at radius 2 is 1.96 bits per heavy atom. The van der Waals surface area contributed by atoms with E-state index in [1.54, 1.807) is 0 Å². The minimum atomic E-state index is -1.44. The molecule has 5 heteroatoms. The molecule has 138 valence electrons. The van der Waals surface area contributed by atoms with Crippen molar-refractivity contribution >= 4 is 5.97 Å². The lowest BCUT2D eigenvalue weighted by atomic mass is 9.73. The van der Waals surface area contributed by atoms with Crippen LogP contribution in [0.15, 0.2) is 23.5 Å². The third kappa shape index (κ3) is 5.95. The van der Waals surface area contributed by atoms with Crippen LogP contribution in [0.1, 0.15) is 72.6 Å². The van der Waals surface area contributed by atoms with E-state index in [2.05, 4.69) is 33.8 Å². The van der Waals surface area contributed by atoms with E-state index in [0.717, 1.165) is 50.5 Å². The quantitative estimate of drug-likeness (QED) is 0.235. The van der Waals surface area contributed by atoms with Gasteiger partial charge in [-0.15, -0.1) is 0 Å². The van der Waals surface area contributed by atoms with E-state index in [4.69, 9.17) is 14.5 Å². The molecule has 1 N–H and O–H groups in total. The highest BCUT2D eigenvalue weighted by molar-refractivity contribution is 5.70. The molecule has 1 unspecified atom stereocenters. The highest BCUT2D eigenvalue weighted by Gasteiger charge is 2.31. The van der Waals surface area contributed by atoms with E-state index in [1.165, 1.54) is 0 Å². The van der Waals surface area contributed by atoms with Gasteiger partial charge in [0.15, 0.2) is 0 Å². The fourth-order valence-electron chi connectivity index (χ4n) is 2.85. The fourth-order valence-corrected chi connectivity index (χ4v) is 2.85. The van der Waals surface area contributed by atoms with E-state index < -0.39 is 12.3 Å². The summed E-state index contributed by atoms with van der Waals surface area (Å²) >= 11 is 0. The van der Waals surface area contributed by atoms with Crippen molar-refractivity contribution < 1.29 is 24.4 Å². The monoisotopic (exact) mass is 340 g/mol. The first-order chi connectivity index (χ1) is 11.5. The Balaban J connectivity index is 2.70. The van der Waals surface area contributed by atoms with Gasteiger partial charge in [0, 0.05) is 0 Å². The van der Waals surface area contributed by atoms with Gasteiger partial charge in [-0.05, 0) is 49.2 Å². The lowest BCUT2D eigenvalue weighted by Gasteiger charge is -2.33. The Labute approximate surface area is 145 Å². The van der Waals surface area contributed by atoms with Crippen LogP contribution >= 0.6 is 0 Å². The van der Waals surface area contributed by atoms with Gasteiger partial charge in [0.25, 0.3) is 0 Å². The number of ether oxygens (including phenoxy) is 1. The van der Waals surface area contributed by atoms with Crippen LogP contribution in [0, 0.1) is 5.41 Å². The molecule has 0 saturated carbocycles. The van der Waals surface area contributed by atoms with Crippen molar-refractivity contribution in [3.8, 4) is 0 Å². The second-order valence-electron chi connectivity index (χ2n) is 6.31. The normalized spacial score (nSPS) is 17.8. The Bertz CT molecular complexity index is 449. The third-order valence-electron chi connectivity index (χ3n) is 4.76. The Kier molecular flexibility index (Phi) is 9.08. The SMILES string of the molecule is CCCCCOOC(OC1=C(CC)CC(CC)(CC)C=C1)C(=O)O. The lowest BCUT2D eigenvalue weighted by molar-refractivity contribution is -0.363. The summed E-state index contributed by atoms with van der Waals surface area (Å²) in [7, 11) is 0. The summed E-state index contributed by atoms with van der Waals surface area (Å²) < 4.78 is 5.59. The average Bonchev–Trinajstić information content (AvgIpc) is 2.60. The van der Waals surface area contributed by atoms with Gasteiger partial charge >= 0.3 is 12.3 Å². The zero-order valence-electron chi connectivity index (χ0n) is 15.5. The molecule has 1 rings (SSSR count). The minimum absolute atomic E-state index is 0.147. The fraction of sp³-hybridized carbons (Fsp3) is 0.737. The minimum Gasteiger partial charge on any atom is -0.477 e. The smallest absolute Gasteiger partial charge is 0.376 e. The Hall–Kier alpha value is -1.33. The van der Waals surface area contributed by atoms with Crippen molar-refractivity contribution in [2.75, 3.05) is 6.61 Å². The van der Waals surface area contributed by atoms with Crippen LogP contribution in [0.25, 0.3) is 0 Å². The Morgan fingerprint density at radius 1 is 1.25 bits per heavy atom. The van der Waals surface area contributed by atoms with Crippen LogP contribution < -0.4 is 0 Å². The molecule has 5 nitrogen and oxygen atoms in total. The van der Waals surface area contributed by atoms with E-state index in [0.29, 0.717) is 12.4 Å². The summed E-state index contributed by atoms with van der Waals surface area (Å²) in [5, 5.41) is 9.28. The van der Waals surface area contributed by atoms with Gasteiger partial charge in [-0.2, -0.15) is 4.89 Å². The molecule has 0 aliphatic heterocycles. The lowest BCUT2D eigenvalue weighted by Crippen LogP contribution is -2.29. The number of hydrogen-bond donors (Lipinski definition) is 1. The van der Waals surface area contributed by atoms with E-state index in [-0.39, 0.29) is 5.41 Å². The molecule has 0 aromatic rings. The molecule has 1 aliphatic carbocycles. The van der Waals surface area contributed by atoms with Gasteiger partial charge < -0.3 is 9.84 Å². The van der Waals surface area contributed by atoms with E-state index in [9.17, 15) is 9.90 Å². The van der Waals surface area contributed by atoms with Gasteiger partial charge in [0.2, 0.25) is 0 Å². The van der Waals surface area contributed by atoms with Crippen LogP contribution in [-0.2, 0) is 19.3 Å². The second-order valence-corrected chi connectivity index (χ2v) is 6.31. The highest BCUT2D eigenvalue weighted by atomic mass is 17.2. The number of carboxylic acid groups (broad SMARTS) is 1. The number of rotatable bonds is 12. The molecule has 0 bridgehead atoms. The van der Waals surface area contributed by atoms with Gasteiger partial charge in [-0.25, -0.2) is 9.68 Å². The number of carboxylic acids is 1. The summed E-state index contributed by atoms with van der Waals surface area (Å²) in [4.78, 5) is 21.3. The number of hydrogen-bond acceptors (Lipinski definition) is 4. The standard InChI is InChI=1S/C19H32O5/c1-5-9-10-13-22-24-18(17(20)21)23-16-11-12-19(7-3,8-4)14-15(16)6-2/h11-12,18H,5-10,13-14H2,1-4H3,(H,20,21). The summed E-state index contributed by atoms with van der Waals surface area (Å²) in [6, 6.07) is 0. The van der Waals surface area contributed by atoms with Crippen molar-refractivity contribution in [3.63, 3.8) is 0 Å². The molecule has 1 aliphatic rings. The van der Waals surface area contributed by atoms with Gasteiger partial charge in [0.05, 0.1) is 6.61 Å². The maximum absolute atomic E-state index is 11.4. The summed E-state index contributed by atoms with van der Waals surface area (Å²) in [6.45, 7) is 8.88. The molecule has 0 aromatic carbocycles. The highest BCUT2D eigenvalue weighted by Crippen LogP contribution is 2.41. The van der Waals surface area contributed by atoms with Crippen molar-refractivity contribution in [1.29, 1.82) is 0 Å². The summed E-state index contributed by atoms with van der Waals surface area (Å²) in [5.74, 6) is -0.593. The predicted molar refractivity (Wildman–Crippen MR) is 93.2 cm³/mol. The predicted octanol–water partition coefficient (Wildman–Crippen LogP) is 4.98. The van der Waals surface area contributed by atoms with Crippen LogP contribution in [0.5, 0.6) is 0 Å². The van der Waals surface area contributed by atoms with Crippen molar-refractivity contribution in [2.45, 2.75) is 78.9 Å². The first-order valence-corrected chi connectivity index (χ1v) is 9.10. The van der Waals surface area contributed by atoms with Gasteiger partial charge in [-0.3, -0.25) is 0 Å². The first-order valence-electron chi connectivity index (χ1n) is 9.10. The molecule has 0 spiro atoms. The summed E-state index contributed by atoms with van der Waals surface area (Å²) in [6.07, 6.45) is 9.34.